The predicted octanol–water partition coefficient (Wildman–Crippen LogP) is 10.4. The smallest absolute Gasteiger partial charge is 0.410 e. The monoisotopic (exact) mass is 810 g/mol. The molecule has 53 heavy (non-hydrogen) atoms. The van der Waals surface area contributed by atoms with Crippen LogP contribution in [-0.4, -0.2) is 62.2 Å². The fourth-order valence-electron chi connectivity index (χ4n) is 7.15. The van der Waals surface area contributed by atoms with E-state index in [4.69, 9.17) is 26.2 Å². The molecule has 0 bridgehead atoms. The van der Waals surface area contributed by atoms with Crippen molar-refractivity contribution < 1.29 is 28.6 Å². The van der Waals surface area contributed by atoms with Gasteiger partial charge in [-0.3, -0.25) is 4.68 Å². The van der Waals surface area contributed by atoms with Crippen LogP contribution in [0, 0.1) is 5.82 Å². The Labute approximate surface area is 324 Å². The Kier molecular flexibility index (Phi) is 12.8. The van der Waals surface area contributed by atoms with Gasteiger partial charge in [-0.2, -0.15) is 5.10 Å². The molecule has 1 amide bonds. The van der Waals surface area contributed by atoms with E-state index in [1.165, 1.54) is 12.1 Å². The Morgan fingerprint density at radius 2 is 1.81 bits per heavy atom. The minimum absolute atomic E-state index is 0.224. The lowest BCUT2D eigenvalue weighted by Crippen LogP contribution is -2.34. The van der Waals surface area contributed by atoms with E-state index in [9.17, 15) is 19.1 Å². The molecule has 0 unspecified atom stereocenters. The van der Waals surface area contributed by atoms with Crippen molar-refractivity contribution in [2.24, 2.45) is 7.05 Å². The third kappa shape index (κ3) is 8.67. The summed E-state index contributed by atoms with van der Waals surface area (Å²) in [5.74, 6) is -0.686. The van der Waals surface area contributed by atoms with Gasteiger partial charge in [0.15, 0.2) is 0 Å². The van der Waals surface area contributed by atoms with Crippen molar-refractivity contribution in [3.63, 3.8) is 0 Å². The van der Waals surface area contributed by atoms with Gasteiger partial charge in [0.05, 0.1) is 22.8 Å². The number of halogens is 3. The number of benzene rings is 3. The van der Waals surface area contributed by atoms with Gasteiger partial charge >= 0.3 is 12.1 Å². The molecule has 5 rings (SSSR count). The minimum atomic E-state index is -1.02. The largest absolute Gasteiger partial charge is 0.493 e. The zero-order chi connectivity index (χ0) is 38.6. The minimum Gasteiger partial charge on any atom is -0.493 e. The molecule has 284 valence electrons. The number of fused-ring (bicyclic) bond motifs is 2. The van der Waals surface area contributed by atoms with Gasteiger partial charge in [-0.15, -0.1) is 0 Å². The van der Waals surface area contributed by atoms with E-state index >= 15 is 0 Å². The Balaban J connectivity index is 1.58. The summed E-state index contributed by atoms with van der Waals surface area (Å²) in [6.07, 6.45) is 3.17. The summed E-state index contributed by atoms with van der Waals surface area (Å²) in [4.78, 5) is 27.6. The summed E-state index contributed by atoms with van der Waals surface area (Å²) in [6, 6.07) is 12.1. The molecule has 0 saturated heterocycles. The van der Waals surface area contributed by atoms with Crippen LogP contribution in [-0.2, 0) is 42.9 Å². The lowest BCUT2D eigenvalue weighted by atomic mass is 9.93. The molecule has 3 aromatic carbocycles. The van der Waals surface area contributed by atoms with Crippen molar-refractivity contribution in [1.29, 1.82) is 0 Å². The highest BCUT2D eigenvalue weighted by Crippen LogP contribution is 2.45. The van der Waals surface area contributed by atoms with E-state index in [-0.39, 0.29) is 11.5 Å². The number of amides is 1. The summed E-state index contributed by atoms with van der Waals surface area (Å²) < 4.78 is 29.4. The highest BCUT2D eigenvalue weighted by atomic mass is 79.9. The van der Waals surface area contributed by atoms with Gasteiger partial charge in [0, 0.05) is 60.1 Å². The first kappa shape index (κ1) is 40.1. The molecule has 0 fully saturated rings. The summed E-state index contributed by atoms with van der Waals surface area (Å²) in [6.45, 7) is 10.8. The quantitative estimate of drug-likeness (QED) is 0.0835. The molecule has 0 saturated carbocycles. The third-order valence-electron chi connectivity index (χ3n) is 9.46. The number of aromatic nitrogens is 3. The first-order chi connectivity index (χ1) is 25.2. The van der Waals surface area contributed by atoms with E-state index in [0.717, 1.165) is 55.3 Å². The number of unbranched alkanes of at least 4 members (excludes halogenated alkanes) is 1. The summed E-state index contributed by atoms with van der Waals surface area (Å²) in [7, 11) is 3.63. The number of ether oxygens (including phenoxy) is 2. The molecule has 0 radical (unpaired) electrons. The second-order valence-electron chi connectivity index (χ2n) is 14.3. The van der Waals surface area contributed by atoms with Crippen LogP contribution in [0.1, 0.15) is 86.9 Å². The van der Waals surface area contributed by atoms with Gasteiger partial charge in [-0.25, -0.2) is 14.0 Å². The summed E-state index contributed by atoms with van der Waals surface area (Å²) in [5.41, 5.74) is 5.61. The second kappa shape index (κ2) is 16.9. The Bertz CT molecular complexity index is 2140. The zero-order valence-corrected chi connectivity index (χ0v) is 34.0. The zero-order valence-electron chi connectivity index (χ0n) is 31.6. The van der Waals surface area contributed by atoms with E-state index in [1.54, 1.807) is 18.0 Å². The predicted molar refractivity (Wildman–Crippen MR) is 213 cm³/mol. The van der Waals surface area contributed by atoms with Gasteiger partial charge < -0.3 is 24.0 Å². The Morgan fingerprint density at radius 1 is 1.06 bits per heavy atom. The van der Waals surface area contributed by atoms with Crippen molar-refractivity contribution in [2.45, 2.75) is 90.6 Å². The maximum atomic E-state index is 13.9. The van der Waals surface area contributed by atoms with Crippen LogP contribution in [0.3, 0.4) is 0 Å². The van der Waals surface area contributed by atoms with E-state index in [0.29, 0.717) is 74.3 Å². The van der Waals surface area contributed by atoms with Gasteiger partial charge in [0.2, 0.25) is 0 Å². The Morgan fingerprint density at radius 3 is 2.47 bits per heavy atom. The first-order valence-electron chi connectivity index (χ1n) is 18.2. The molecule has 0 aliphatic heterocycles. The number of aryl methyl sites for hydroxylation is 4. The van der Waals surface area contributed by atoms with Crippen molar-refractivity contribution in [1.82, 2.24) is 19.2 Å². The molecule has 2 heterocycles. The van der Waals surface area contributed by atoms with Gasteiger partial charge in [0.1, 0.15) is 22.9 Å². The standard InChI is InChI=1S/C41H49BrClFN4O5/c1-8-25-23-30(43)35(36-31(24-42)45-47(7)32(36)9-2)38-34(25)29(15-13-21-52-33-16-12-14-26-22-27(44)17-18-28(26)33)37(39(49)50)48(38)20-11-10-19-46(6)40(51)53-41(3,4)5/h12,14,16-18,22-23H,8-11,13,15,19-21,24H2,1-7H3,(H,49,50). The molecule has 1 N–H and O–H groups in total. The number of rotatable bonds is 15. The van der Waals surface area contributed by atoms with Crippen LogP contribution in [0.2, 0.25) is 5.02 Å². The molecule has 0 aliphatic carbocycles. The number of hydrogen-bond donors (Lipinski definition) is 1. The lowest BCUT2D eigenvalue weighted by molar-refractivity contribution is 0.0296. The van der Waals surface area contributed by atoms with Crippen molar-refractivity contribution in [3.05, 3.63) is 81.5 Å². The highest BCUT2D eigenvalue weighted by molar-refractivity contribution is 9.08. The fraction of sp³-hybridized carbons (Fsp3) is 0.439. The SMILES string of the molecule is CCc1cc(Cl)c(-c2c(CBr)nn(C)c2CC)c2c1c(CCCOc1cccc3cc(F)ccc13)c(C(=O)O)n2CCCCN(C)C(=O)OC(C)(C)C. The first-order valence-corrected chi connectivity index (χ1v) is 19.7. The van der Waals surface area contributed by atoms with E-state index < -0.39 is 17.7 Å². The highest BCUT2D eigenvalue weighted by Gasteiger charge is 2.30. The van der Waals surface area contributed by atoms with Crippen LogP contribution < -0.4 is 4.74 Å². The molecule has 2 aromatic heterocycles. The number of alkyl halides is 1. The fourth-order valence-corrected chi connectivity index (χ4v) is 7.86. The summed E-state index contributed by atoms with van der Waals surface area (Å²) >= 11 is 10.9. The van der Waals surface area contributed by atoms with Gasteiger partial charge in [-0.1, -0.05) is 53.5 Å². The van der Waals surface area contributed by atoms with E-state index in [2.05, 4.69) is 29.8 Å². The number of carboxylic acids is 1. The number of carbonyl (C=O) groups is 2. The lowest BCUT2D eigenvalue weighted by Gasteiger charge is -2.24. The van der Waals surface area contributed by atoms with Crippen LogP contribution in [0.5, 0.6) is 5.75 Å². The molecule has 0 spiro atoms. The van der Waals surface area contributed by atoms with Gasteiger partial charge in [0.25, 0.3) is 0 Å². The molecular formula is C41H49BrClFN4O5. The number of hydrogen-bond acceptors (Lipinski definition) is 5. The molecular weight excluding hydrogens is 763 g/mol. The van der Waals surface area contributed by atoms with Crippen molar-refractivity contribution in [3.8, 4) is 16.9 Å². The number of nitrogens with zero attached hydrogens (tertiary/aromatic N) is 4. The van der Waals surface area contributed by atoms with Crippen LogP contribution in [0.4, 0.5) is 9.18 Å². The molecule has 9 nitrogen and oxygen atoms in total. The summed E-state index contributed by atoms with van der Waals surface area (Å²) in [5, 5.41) is 19.2. The molecule has 0 atom stereocenters. The van der Waals surface area contributed by atoms with Crippen LogP contribution in [0.15, 0.2) is 42.5 Å². The van der Waals surface area contributed by atoms with Crippen LogP contribution >= 0.6 is 27.5 Å². The number of aromatic carboxylic acids is 1. The third-order valence-corrected chi connectivity index (χ3v) is 10.3. The van der Waals surface area contributed by atoms with E-state index in [1.807, 2.05) is 61.3 Å². The molecule has 12 heteroatoms. The average Bonchev–Trinajstić information content (AvgIpc) is 3.60. The number of carbonyl (C=O) groups excluding carboxylic acids is 1. The second-order valence-corrected chi connectivity index (χ2v) is 15.3. The average molecular weight is 812 g/mol. The maximum absolute atomic E-state index is 13.9. The molecule has 5 aromatic rings. The van der Waals surface area contributed by atoms with Gasteiger partial charge in [-0.05, 0) is 106 Å². The normalized spacial score (nSPS) is 11.8. The van der Waals surface area contributed by atoms with Crippen LogP contribution in [0.25, 0.3) is 32.8 Å². The van der Waals surface area contributed by atoms with Crippen molar-refractivity contribution >= 4 is 61.3 Å². The molecule has 0 aliphatic rings. The topological polar surface area (TPSA) is 98.8 Å². The number of carboxylic acid groups (broad SMARTS) is 1. The maximum Gasteiger partial charge on any atom is 0.410 e. The van der Waals surface area contributed by atoms with Crippen molar-refractivity contribution in [2.75, 3.05) is 20.2 Å². The Hall–Kier alpha value is -4.09.